The lowest BCUT2D eigenvalue weighted by atomic mass is 9.93. The lowest BCUT2D eigenvalue weighted by molar-refractivity contribution is -0.143. The fourth-order valence-electron chi connectivity index (χ4n) is 3.54. The van der Waals surface area contributed by atoms with Crippen LogP contribution in [0.1, 0.15) is 36.1 Å². The van der Waals surface area contributed by atoms with Gasteiger partial charge in [-0.25, -0.2) is 0 Å². The molecule has 1 saturated heterocycles. The zero-order valence-corrected chi connectivity index (χ0v) is 14.5. The zero-order chi connectivity index (χ0) is 17.6. The van der Waals surface area contributed by atoms with E-state index in [0.717, 1.165) is 24.1 Å². The van der Waals surface area contributed by atoms with Crippen LogP contribution in [0.5, 0.6) is 0 Å². The number of methoxy groups -OCH3 is 1. The molecule has 2 heterocycles. The van der Waals surface area contributed by atoms with Gasteiger partial charge in [0.2, 0.25) is 0 Å². The topological polar surface area (TPSA) is 67.6 Å². The third-order valence-electron chi connectivity index (χ3n) is 4.85. The lowest BCUT2D eigenvalue weighted by Gasteiger charge is -2.34. The summed E-state index contributed by atoms with van der Waals surface area (Å²) in [6.45, 7) is 2.01. The Kier molecular flexibility index (Phi) is 5.83. The maximum absolute atomic E-state index is 12.8. The van der Waals surface area contributed by atoms with Crippen molar-refractivity contribution in [2.24, 2.45) is 0 Å². The number of aromatic nitrogens is 2. The van der Waals surface area contributed by atoms with Crippen molar-refractivity contribution >= 4 is 5.91 Å². The normalized spacial score (nSPS) is 16.8. The van der Waals surface area contributed by atoms with E-state index in [0.29, 0.717) is 25.6 Å². The molecule has 1 aromatic heterocycles. The fourth-order valence-corrected chi connectivity index (χ4v) is 3.54. The molecule has 3 rings (SSSR count). The van der Waals surface area contributed by atoms with Crippen LogP contribution in [0.3, 0.4) is 0 Å². The van der Waals surface area contributed by atoms with E-state index in [-0.39, 0.29) is 12.5 Å². The first-order valence-corrected chi connectivity index (χ1v) is 8.73. The lowest BCUT2D eigenvalue weighted by Crippen LogP contribution is -2.41. The highest BCUT2D eigenvalue weighted by Crippen LogP contribution is 2.30. The van der Waals surface area contributed by atoms with Gasteiger partial charge in [0.05, 0.1) is 13.2 Å². The van der Waals surface area contributed by atoms with Crippen LogP contribution in [0.4, 0.5) is 0 Å². The van der Waals surface area contributed by atoms with Crippen LogP contribution >= 0.6 is 0 Å². The monoisotopic (exact) mass is 343 g/mol. The van der Waals surface area contributed by atoms with Crippen LogP contribution in [-0.2, 0) is 16.1 Å². The van der Waals surface area contributed by atoms with Crippen molar-refractivity contribution in [2.75, 3.05) is 26.8 Å². The number of benzene rings is 1. The second-order valence-corrected chi connectivity index (χ2v) is 6.33. The molecule has 0 bridgehead atoms. The molecule has 0 aliphatic carbocycles. The minimum absolute atomic E-state index is 0.0241. The van der Waals surface area contributed by atoms with E-state index in [2.05, 4.69) is 5.10 Å². The second kappa shape index (κ2) is 8.27. The number of hydrogen-bond donors (Lipinski definition) is 1. The summed E-state index contributed by atoms with van der Waals surface area (Å²) in [5.74, 6) is 0.395. The second-order valence-electron chi connectivity index (χ2n) is 6.33. The molecule has 1 amide bonds. The molecule has 0 spiro atoms. The average molecular weight is 343 g/mol. The number of nitrogens with zero attached hydrogens (tertiary/aromatic N) is 3. The van der Waals surface area contributed by atoms with E-state index < -0.39 is 6.10 Å². The highest BCUT2D eigenvalue weighted by molar-refractivity contribution is 5.82. The van der Waals surface area contributed by atoms with Crippen molar-refractivity contribution in [2.45, 2.75) is 31.4 Å². The molecule has 6 heteroatoms. The Morgan fingerprint density at radius 2 is 2.00 bits per heavy atom. The summed E-state index contributed by atoms with van der Waals surface area (Å²) in [5, 5.41) is 13.4. The molecule has 1 N–H and O–H groups in total. The van der Waals surface area contributed by atoms with E-state index >= 15 is 0 Å². The van der Waals surface area contributed by atoms with Gasteiger partial charge in [-0.2, -0.15) is 5.10 Å². The number of amides is 1. The molecule has 0 saturated carbocycles. The third kappa shape index (κ3) is 3.91. The Morgan fingerprint density at radius 3 is 2.64 bits per heavy atom. The van der Waals surface area contributed by atoms with Crippen LogP contribution in [-0.4, -0.2) is 52.5 Å². The Morgan fingerprint density at radius 1 is 1.28 bits per heavy atom. The number of ether oxygens (including phenoxy) is 1. The summed E-state index contributed by atoms with van der Waals surface area (Å²) in [5.41, 5.74) is 2.03. The van der Waals surface area contributed by atoms with Gasteiger partial charge in [-0.1, -0.05) is 30.3 Å². The van der Waals surface area contributed by atoms with Crippen molar-refractivity contribution in [1.82, 2.24) is 14.7 Å². The van der Waals surface area contributed by atoms with E-state index in [1.807, 2.05) is 46.0 Å². The number of likely N-dealkylation sites (tertiary alicyclic amines) is 1. The summed E-state index contributed by atoms with van der Waals surface area (Å²) in [4.78, 5) is 14.7. The third-order valence-corrected chi connectivity index (χ3v) is 4.85. The molecule has 6 nitrogen and oxygen atoms in total. The van der Waals surface area contributed by atoms with Crippen LogP contribution < -0.4 is 0 Å². The van der Waals surface area contributed by atoms with Gasteiger partial charge in [-0.05, 0) is 24.5 Å². The average Bonchev–Trinajstić information content (AvgIpc) is 3.12. The van der Waals surface area contributed by atoms with Crippen LogP contribution in [0.15, 0.2) is 42.6 Å². The minimum Gasteiger partial charge on any atom is -0.394 e. The van der Waals surface area contributed by atoms with Gasteiger partial charge >= 0.3 is 0 Å². The van der Waals surface area contributed by atoms with Gasteiger partial charge in [-0.15, -0.1) is 0 Å². The largest absolute Gasteiger partial charge is 0.394 e. The first kappa shape index (κ1) is 17.6. The smallest absolute Gasteiger partial charge is 0.256 e. The number of aliphatic hydroxyl groups is 1. The summed E-state index contributed by atoms with van der Waals surface area (Å²) in [7, 11) is 1.58. The van der Waals surface area contributed by atoms with Gasteiger partial charge in [-0.3, -0.25) is 9.48 Å². The zero-order valence-electron chi connectivity index (χ0n) is 14.5. The highest BCUT2D eigenvalue weighted by Gasteiger charge is 2.30. The summed E-state index contributed by atoms with van der Waals surface area (Å²) in [6, 6.07) is 11.6. The predicted molar refractivity (Wildman–Crippen MR) is 94.1 cm³/mol. The standard InChI is InChI=1S/C19H25N3O3/c1-25-18(16-5-3-2-4-6-16)19(24)21-11-8-15(9-12-21)17-7-10-20-22(17)13-14-23/h2-7,10,15,18,23H,8-9,11-14H2,1H3. The molecule has 1 aliphatic rings. The van der Waals surface area contributed by atoms with Gasteiger partial charge < -0.3 is 14.7 Å². The quantitative estimate of drug-likeness (QED) is 0.871. The Hall–Kier alpha value is -2.18. The summed E-state index contributed by atoms with van der Waals surface area (Å²) >= 11 is 0. The summed E-state index contributed by atoms with van der Waals surface area (Å²) in [6.07, 6.45) is 3.03. The molecular weight excluding hydrogens is 318 g/mol. The maximum atomic E-state index is 12.8. The molecule has 1 fully saturated rings. The van der Waals surface area contributed by atoms with Crippen LogP contribution in [0.2, 0.25) is 0 Å². The van der Waals surface area contributed by atoms with Gasteiger partial charge in [0.1, 0.15) is 0 Å². The highest BCUT2D eigenvalue weighted by atomic mass is 16.5. The number of hydrogen-bond acceptors (Lipinski definition) is 4. The molecule has 0 radical (unpaired) electrons. The first-order valence-electron chi connectivity index (χ1n) is 8.73. The number of rotatable bonds is 6. The Bertz CT molecular complexity index is 678. The van der Waals surface area contributed by atoms with Crippen LogP contribution in [0.25, 0.3) is 0 Å². The molecular formula is C19H25N3O3. The van der Waals surface area contributed by atoms with Crippen molar-refractivity contribution in [1.29, 1.82) is 0 Å². The van der Waals surface area contributed by atoms with E-state index in [9.17, 15) is 4.79 Å². The van der Waals surface area contributed by atoms with Gasteiger partial charge in [0, 0.05) is 38.0 Å². The summed E-state index contributed by atoms with van der Waals surface area (Å²) < 4.78 is 7.33. The number of carbonyl (C=O) groups is 1. The van der Waals surface area contributed by atoms with Crippen LogP contribution in [0, 0.1) is 0 Å². The fraction of sp³-hybridized carbons (Fsp3) is 0.474. The SMILES string of the molecule is COC(C(=O)N1CCC(c2ccnn2CCO)CC1)c1ccccc1. The van der Waals surface area contributed by atoms with E-state index in [4.69, 9.17) is 9.84 Å². The molecule has 1 unspecified atom stereocenters. The first-order chi connectivity index (χ1) is 12.2. The Balaban J connectivity index is 1.63. The predicted octanol–water partition coefficient (Wildman–Crippen LogP) is 1.97. The van der Waals surface area contributed by atoms with E-state index in [1.165, 1.54) is 0 Å². The Labute approximate surface area is 148 Å². The molecule has 1 aromatic carbocycles. The van der Waals surface area contributed by atoms with Gasteiger partial charge in [0.25, 0.3) is 5.91 Å². The number of aliphatic hydroxyl groups excluding tert-OH is 1. The molecule has 134 valence electrons. The van der Waals surface area contributed by atoms with E-state index in [1.54, 1.807) is 13.3 Å². The van der Waals surface area contributed by atoms with Gasteiger partial charge in [0.15, 0.2) is 6.10 Å². The van der Waals surface area contributed by atoms with Crippen molar-refractivity contribution in [3.63, 3.8) is 0 Å². The molecule has 2 aromatic rings. The number of carbonyl (C=O) groups excluding carboxylic acids is 1. The molecule has 25 heavy (non-hydrogen) atoms. The minimum atomic E-state index is -0.544. The van der Waals surface area contributed by atoms with Crippen molar-refractivity contribution in [3.05, 3.63) is 53.9 Å². The van der Waals surface area contributed by atoms with Crippen molar-refractivity contribution < 1.29 is 14.6 Å². The number of piperidine rings is 1. The molecule has 1 aliphatic heterocycles. The maximum Gasteiger partial charge on any atom is 0.256 e. The molecule has 1 atom stereocenters. The van der Waals surface area contributed by atoms with Crippen molar-refractivity contribution in [3.8, 4) is 0 Å².